The summed E-state index contributed by atoms with van der Waals surface area (Å²) in [4.78, 5) is 26.4. The van der Waals surface area contributed by atoms with E-state index in [4.69, 9.17) is 0 Å². The van der Waals surface area contributed by atoms with Crippen LogP contribution in [0.3, 0.4) is 0 Å². The normalized spacial score (nSPS) is 12.3. The molecule has 1 unspecified atom stereocenters. The molecule has 0 amide bonds. The van der Waals surface area contributed by atoms with E-state index in [-0.39, 0.29) is 11.3 Å². The number of ketones is 1. The number of carbonyl (C=O) groups is 1. The van der Waals surface area contributed by atoms with Crippen molar-refractivity contribution >= 4 is 34.2 Å². The van der Waals surface area contributed by atoms with Crippen LogP contribution in [0.4, 0.5) is 4.39 Å². The third-order valence-corrected chi connectivity index (χ3v) is 6.57. The molecule has 0 N–H and O–H groups in total. The second-order valence-electron chi connectivity index (χ2n) is 7.69. The molecule has 0 saturated heterocycles. The largest absolute Gasteiger partial charge is 0.293 e. The van der Waals surface area contributed by atoms with Crippen LogP contribution in [0.5, 0.6) is 0 Å². The van der Waals surface area contributed by atoms with Crippen LogP contribution in [-0.4, -0.2) is 30.2 Å². The number of Topliss-reactive ketones (excluding diaryl/α,β-unsaturated/α-hetero) is 1. The van der Waals surface area contributed by atoms with E-state index in [2.05, 4.69) is 10.2 Å². The summed E-state index contributed by atoms with van der Waals surface area (Å²) in [6.45, 7) is 3.71. The SMILES string of the molecule is Cc1ccccc1-n1c(=O)c2ccccc2n2c(SC(C)C(=O)c3ccc(F)cc3)nnc12. The van der Waals surface area contributed by atoms with E-state index in [9.17, 15) is 14.0 Å². The molecule has 5 rings (SSSR count). The van der Waals surface area contributed by atoms with E-state index in [0.717, 1.165) is 11.3 Å². The van der Waals surface area contributed by atoms with Gasteiger partial charge in [-0.25, -0.2) is 8.96 Å². The highest BCUT2D eigenvalue weighted by Gasteiger charge is 2.23. The molecule has 0 saturated carbocycles. The Morgan fingerprint density at radius 1 is 0.970 bits per heavy atom. The molecule has 0 spiro atoms. The fourth-order valence-electron chi connectivity index (χ4n) is 3.85. The molecule has 1 atom stereocenters. The first-order valence-corrected chi connectivity index (χ1v) is 11.2. The molecule has 3 aromatic carbocycles. The number of rotatable bonds is 5. The monoisotopic (exact) mass is 458 g/mol. The van der Waals surface area contributed by atoms with Crippen LogP contribution in [0.2, 0.25) is 0 Å². The molecule has 0 radical (unpaired) electrons. The van der Waals surface area contributed by atoms with Gasteiger partial charge >= 0.3 is 0 Å². The lowest BCUT2D eigenvalue weighted by molar-refractivity contribution is 0.0994. The van der Waals surface area contributed by atoms with Gasteiger partial charge in [0, 0.05) is 5.56 Å². The highest BCUT2D eigenvalue weighted by Crippen LogP contribution is 2.28. The van der Waals surface area contributed by atoms with Crippen LogP contribution in [0.15, 0.2) is 82.7 Å². The van der Waals surface area contributed by atoms with Crippen molar-refractivity contribution in [2.45, 2.75) is 24.3 Å². The van der Waals surface area contributed by atoms with E-state index in [1.165, 1.54) is 36.0 Å². The summed E-state index contributed by atoms with van der Waals surface area (Å²) in [5.41, 5.74) is 2.54. The van der Waals surface area contributed by atoms with Crippen molar-refractivity contribution in [3.63, 3.8) is 0 Å². The first kappa shape index (κ1) is 21.1. The summed E-state index contributed by atoms with van der Waals surface area (Å²) >= 11 is 1.25. The van der Waals surface area contributed by atoms with Gasteiger partial charge in [-0.15, -0.1) is 10.2 Å². The molecule has 6 nitrogen and oxygen atoms in total. The molecular weight excluding hydrogens is 439 g/mol. The number of nitrogens with zero attached hydrogens (tertiary/aromatic N) is 4. The van der Waals surface area contributed by atoms with Gasteiger partial charge in [-0.2, -0.15) is 0 Å². The lowest BCUT2D eigenvalue weighted by Crippen LogP contribution is -2.22. The predicted octanol–water partition coefficient (Wildman–Crippen LogP) is 4.84. The molecule has 5 aromatic rings. The number of para-hydroxylation sites is 2. The lowest BCUT2D eigenvalue weighted by Gasteiger charge is -2.14. The quantitative estimate of drug-likeness (QED) is 0.278. The van der Waals surface area contributed by atoms with E-state index in [0.29, 0.717) is 27.4 Å². The Kier molecular flexibility index (Phi) is 5.30. The zero-order valence-corrected chi connectivity index (χ0v) is 18.7. The zero-order chi connectivity index (χ0) is 23.1. The van der Waals surface area contributed by atoms with Crippen molar-refractivity contribution in [1.82, 2.24) is 19.2 Å². The third kappa shape index (κ3) is 3.62. The minimum atomic E-state index is -0.500. The number of aryl methyl sites for hydroxylation is 1. The summed E-state index contributed by atoms with van der Waals surface area (Å²) in [5.74, 6) is -0.166. The molecule has 2 heterocycles. The van der Waals surface area contributed by atoms with Gasteiger partial charge < -0.3 is 0 Å². The van der Waals surface area contributed by atoms with Gasteiger partial charge in [0.2, 0.25) is 5.78 Å². The van der Waals surface area contributed by atoms with E-state index in [1.807, 2.05) is 53.8 Å². The maximum atomic E-state index is 13.4. The number of benzene rings is 3. The Balaban J connectivity index is 1.67. The van der Waals surface area contributed by atoms with Gasteiger partial charge in [-0.1, -0.05) is 42.1 Å². The Labute approximate surface area is 192 Å². The number of fused-ring (bicyclic) bond motifs is 3. The zero-order valence-electron chi connectivity index (χ0n) is 17.9. The summed E-state index contributed by atoms with van der Waals surface area (Å²) in [7, 11) is 0. The van der Waals surface area contributed by atoms with Gasteiger partial charge in [0.05, 0.1) is 21.8 Å². The highest BCUT2D eigenvalue weighted by molar-refractivity contribution is 8.00. The first-order chi connectivity index (χ1) is 16.0. The standard InChI is InChI=1S/C25H19FN4O2S/c1-15-7-3-5-9-20(15)29-23(32)19-8-4-6-10-21(19)30-24(29)27-28-25(30)33-16(2)22(31)17-11-13-18(26)14-12-17/h3-14,16H,1-2H3. The average Bonchev–Trinajstić information content (AvgIpc) is 3.23. The van der Waals surface area contributed by atoms with Crippen LogP contribution in [-0.2, 0) is 0 Å². The minimum Gasteiger partial charge on any atom is -0.293 e. The lowest BCUT2D eigenvalue weighted by atomic mass is 10.1. The summed E-state index contributed by atoms with van der Waals surface area (Å²) in [5, 5.41) is 9.19. The molecule has 8 heteroatoms. The Morgan fingerprint density at radius 2 is 1.67 bits per heavy atom. The molecule has 33 heavy (non-hydrogen) atoms. The number of aromatic nitrogens is 4. The minimum absolute atomic E-state index is 0.145. The smallest absolute Gasteiger partial charge is 0.267 e. The van der Waals surface area contributed by atoms with Crippen LogP contribution in [0, 0.1) is 12.7 Å². The maximum Gasteiger partial charge on any atom is 0.267 e. The number of hydrogen-bond acceptors (Lipinski definition) is 5. The first-order valence-electron chi connectivity index (χ1n) is 10.4. The average molecular weight is 459 g/mol. The van der Waals surface area contributed by atoms with Gasteiger partial charge in [0.15, 0.2) is 10.9 Å². The molecule has 0 fully saturated rings. The van der Waals surface area contributed by atoms with E-state index in [1.54, 1.807) is 17.6 Å². The van der Waals surface area contributed by atoms with Crippen LogP contribution < -0.4 is 5.56 Å². The molecule has 164 valence electrons. The Hall–Kier alpha value is -3.78. The second-order valence-corrected chi connectivity index (χ2v) is 9.00. The van der Waals surface area contributed by atoms with Crippen LogP contribution in [0.1, 0.15) is 22.8 Å². The molecule has 0 bridgehead atoms. The number of carbonyl (C=O) groups excluding carboxylic acids is 1. The summed E-state index contributed by atoms with van der Waals surface area (Å²) in [6, 6.07) is 20.3. The van der Waals surface area contributed by atoms with Crippen molar-refractivity contribution in [3.05, 3.63) is 100 Å². The van der Waals surface area contributed by atoms with Crippen molar-refractivity contribution < 1.29 is 9.18 Å². The molecule has 0 aliphatic heterocycles. The van der Waals surface area contributed by atoms with Gasteiger partial charge in [0.25, 0.3) is 5.56 Å². The fraction of sp³-hybridized carbons (Fsp3) is 0.120. The highest BCUT2D eigenvalue weighted by atomic mass is 32.2. The molecule has 2 aromatic heterocycles. The van der Waals surface area contributed by atoms with Crippen LogP contribution in [0.25, 0.3) is 22.4 Å². The van der Waals surface area contributed by atoms with Crippen molar-refractivity contribution in [2.75, 3.05) is 0 Å². The predicted molar refractivity (Wildman–Crippen MR) is 127 cm³/mol. The molecule has 0 aliphatic rings. The van der Waals surface area contributed by atoms with Crippen molar-refractivity contribution in [2.24, 2.45) is 0 Å². The van der Waals surface area contributed by atoms with Gasteiger partial charge in [-0.05, 0) is 61.9 Å². The Morgan fingerprint density at radius 3 is 2.42 bits per heavy atom. The number of halogens is 1. The van der Waals surface area contributed by atoms with Crippen LogP contribution >= 0.6 is 11.8 Å². The third-order valence-electron chi connectivity index (χ3n) is 5.53. The van der Waals surface area contributed by atoms with Crippen molar-refractivity contribution in [3.8, 4) is 5.69 Å². The number of thioether (sulfide) groups is 1. The molecule has 0 aliphatic carbocycles. The Bertz CT molecular complexity index is 1570. The summed E-state index contributed by atoms with van der Waals surface area (Å²) in [6.07, 6.45) is 0. The maximum absolute atomic E-state index is 13.4. The van der Waals surface area contributed by atoms with E-state index >= 15 is 0 Å². The topological polar surface area (TPSA) is 69.3 Å². The van der Waals surface area contributed by atoms with Crippen molar-refractivity contribution in [1.29, 1.82) is 0 Å². The summed E-state index contributed by atoms with van der Waals surface area (Å²) < 4.78 is 16.6. The number of hydrogen-bond donors (Lipinski definition) is 0. The second kappa shape index (κ2) is 8.29. The van der Waals surface area contributed by atoms with E-state index < -0.39 is 11.1 Å². The fourth-order valence-corrected chi connectivity index (χ4v) is 4.78. The van der Waals surface area contributed by atoms with Gasteiger partial charge in [-0.3, -0.25) is 14.0 Å². The molecular formula is C25H19FN4O2S. The van der Waals surface area contributed by atoms with Gasteiger partial charge in [0.1, 0.15) is 5.82 Å².